The Morgan fingerprint density at radius 1 is 1.08 bits per heavy atom. The fourth-order valence-corrected chi connectivity index (χ4v) is 2.36. The molecule has 0 saturated heterocycles. The van der Waals surface area contributed by atoms with Crippen LogP contribution in [0.1, 0.15) is 40.5 Å². The predicted molar refractivity (Wildman–Crippen MR) is 92.3 cm³/mol. The van der Waals surface area contributed by atoms with E-state index in [2.05, 4.69) is 20.6 Å². The second kappa shape index (κ2) is 9.85. The number of hydrogen-bond donors (Lipinski definition) is 2. The number of carbonyl (C=O) groups is 2. The van der Waals surface area contributed by atoms with E-state index in [9.17, 15) is 9.59 Å². The molecule has 1 heterocycles. The lowest BCUT2D eigenvalue weighted by atomic mass is 10.0. The first-order chi connectivity index (χ1) is 11.3. The predicted octanol–water partition coefficient (Wildman–Crippen LogP) is 2.01. The Bertz CT molecular complexity index is 520. The van der Waals surface area contributed by atoms with Crippen molar-refractivity contribution >= 4 is 17.7 Å². The number of esters is 1. The number of hydrogen-bond acceptors (Lipinski definition) is 6. The maximum atomic E-state index is 12.7. The molecular weight excluding hydrogens is 308 g/mol. The second-order valence-corrected chi connectivity index (χ2v) is 6.63. The number of nitrogens with zero attached hydrogens (tertiary/aromatic N) is 2. The lowest BCUT2D eigenvalue weighted by Crippen LogP contribution is -2.49. The van der Waals surface area contributed by atoms with Gasteiger partial charge in [-0.1, -0.05) is 27.7 Å². The molecule has 24 heavy (non-hydrogen) atoms. The van der Waals surface area contributed by atoms with E-state index in [1.807, 2.05) is 27.7 Å². The molecule has 0 bridgehead atoms. The molecular formula is C17H28N4O3. The van der Waals surface area contributed by atoms with Gasteiger partial charge in [-0.3, -0.25) is 9.78 Å². The molecule has 0 radical (unpaired) electrons. The van der Waals surface area contributed by atoms with Crippen LogP contribution in [0.4, 0.5) is 5.82 Å². The van der Waals surface area contributed by atoms with E-state index in [0.29, 0.717) is 24.6 Å². The third-order valence-corrected chi connectivity index (χ3v) is 3.42. The summed E-state index contributed by atoms with van der Waals surface area (Å²) in [6.45, 7) is 8.05. The average molecular weight is 336 g/mol. The molecule has 7 heteroatoms. The van der Waals surface area contributed by atoms with Crippen molar-refractivity contribution in [2.75, 3.05) is 12.4 Å². The number of rotatable bonds is 9. The fraction of sp³-hybridized carbons (Fsp3) is 0.647. The van der Waals surface area contributed by atoms with Crippen LogP contribution in [-0.2, 0) is 14.3 Å². The highest BCUT2D eigenvalue weighted by Gasteiger charge is 2.27. The van der Waals surface area contributed by atoms with Crippen molar-refractivity contribution < 1.29 is 14.3 Å². The lowest BCUT2D eigenvalue weighted by Gasteiger charge is -2.24. The van der Waals surface area contributed by atoms with E-state index >= 15 is 0 Å². The maximum Gasteiger partial charge on any atom is 0.328 e. The number of aromatic nitrogens is 2. The molecule has 1 rings (SSSR count). The summed E-state index contributed by atoms with van der Waals surface area (Å²) in [4.78, 5) is 32.7. The van der Waals surface area contributed by atoms with Gasteiger partial charge in [0.15, 0.2) is 0 Å². The molecule has 0 saturated carbocycles. The lowest BCUT2D eigenvalue weighted by molar-refractivity contribution is -0.145. The summed E-state index contributed by atoms with van der Waals surface area (Å²) in [6.07, 6.45) is 5.82. The molecule has 2 atom stereocenters. The van der Waals surface area contributed by atoms with Crippen molar-refractivity contribution in [3.63, 3.8) is 0 Å². The Morgan fingerprint density at radius 3 is 2.21 bits per heavy atom. The van der Waals surface area contributed by atoms with E-state index in [0.717, 1.165) is 0 Å². The Hall–Kier alpha value is -2.18. The third-order valence-electron chi connectivity index (χ3n) is 3.42. The van der Waals surface area contributed by atoms with Crippen LogP contribution in [0, 0.1) is 11.8 Å². The molecule has 7 nitrogen and oxygen atoms in total. The van der Waals surface area contributed by atoms with Crippen LogP contribution in [-0.4, -0.2) is 41.0 Å². The first-order valence-corrected chi connectivity index (χ1v) is 8.24. The summed E-state index contributed by atoms with van der Waals surface area (Å²) in [5, 5.41) is 5.89. The van der Waals surface area contributed by atoms with Crippen LogP contribution in [0.2, 0.25) is 0 Å². The minimum Gasteiger partial charge on any atom is -0.467 e. The molecule has 134 valence electrons. The standard InChI is InChI=1S/C17H28N4O3/c1-11(2)8-13(20-15-10-18-6-7-19-15)16(22)21-14(9-12(3)4)17(23)24-5/h6-7,10-14H,8-9H2,1-5H3,(H,19,20)(H,21,22)/t13-,14-/m0/s1. The Kier molecular flexibility index (Phi) is 8.15. The molecule has 0 aliphatic rings. The minimum atomic E-state index is -0.652. The summed E-state index contributed by atoms with van der Waals surface area (Å²) >= 11 is 0. The van der Waals surface area contributed by atoms with Crippen molar-refractivity contribution in [3.8, 4) is 0 Å². The molecule has 2 N–H and O–H groups in total. The number of carbonyl (C=O) groups excluding carboxylic acids is 2. The summed E-state index contributed by atoms with van der Waals surface area (Å²) in [7, 11) is 1.32. The molecule has 0 aliphatic heterocycles. The maximum absolute atomic E-state index is 12.7. The van der Waals surface area contributed by atoms with E-state index in [1.165, 1.54) is 7.11 Å². The van der Waals surface area contributed by atoms with Gasteiger partial charge in [-0.25, -0.2) is 9.78 Å². The van der Waals surface area contributed by atoms with Gasteiger partial charge < -0.3 is 15.4 Å². The molecule has 1 amide bonds. The van der Waals surface area contributed by atoms with Crippen LogP contribution in [0.25, 0.3) is 0 Å². The van der Waals surface area contributed by atoms with E-state index in [4.69, 9.17) is 4.74 Å². The van der Waals surface area contributed by atoms with Gasteiger partial charge >= 0.3 is 5.97 Å². The molecule has 1 aromatic heterocycles. The Morgan fingerprint density at radius 2 is 1.71 bits per heavy atom. The summed E-state index contributed by atoms with van der Waals surface area (Å²) < 4.78 is 4.80. The normalized spacial score (nSPS) is 13.5. The highest BCUT2D eigenvalue weighted by Crippen LogP contribution is 2.12. The minimum absolute atomic E-state index is 0.245. The zero-order valence-corrected chi connectivity index (χ0v) is 15.1. The number of amides is 1. The number of methoxy groups -OCH3 is 1. The molecule has 0 fully saturated rings. The first-order valence-electron chi connectivity index (χ1n) is 8.24. The third kappa shape index (κ3) is 6.93. The number of ether oxygens (including phenoxy) is 1. The van der Waals surface area contributed by atoms with Crippen LogP contribution < -0.4 is 10.6 Å². The summed E-state index contributed by atoms with van der Waals surface area (Å²) in [6, 6.07) is -1.15. The van der Waals surface area contributed by atoms with Gasteiger partial charge in [-0.15, -0.1) is 0 Å². The van der Waals surface area contributed by atoms with Gasteiger partial charge in [0, 0.05) is 12.4 Å². The highest BCUT2D eigenvalue weighted by molar-refractivity contribution is 5.89. The van der Waals surface area contributed by atoms with Crippen LogP contribution in [0.5, 0.6) is 0 Å². The zero-order chi connectivity index (χ0) is 18.1. The van der Waals surface area contributed by atoms with Crippen molar-refractivity contribution in [1.29, 1.82) is 0 Å². The van der Waals surface area contributed by atoms with Crippen LogP contribution in [0.3, 0.4) is 0 Å². The molecule has 0 spiro atoms. The van der Waals surface area contributed by atoms with Crippen molar-refractivity contribution in [1.82, 2.24) is 15.3 Å². The molecule has 0 aliphatic carbocycles. The highest BCUT2D eigenvalue weighted by atomic mass is 16.5. The van der Waals surface area contributed by atoms with Crippen molar-refractivity contribution in [2.45, 2.75) is 52.6 Å². The first kappa shape index (κ1) is 19.9. The molecule has 0 unspecified atom stereocenters. The van der Waals surface area contributed by atoms with Crippen molar-refractivity contribution in [2.24, 2.45) is 11.8 Å². The summed E-state index contributed by atoms with van der Waals surface area (Å²) in [5.41, 5.74) is 0. The summed E-state index contributed by atoms with van der Waals surface area (Å²) in [5.74, 6) is 0.402. The topological polar surface area (TPSA) is 93.2 Å². The van der Waals surface area contributed by atoms with Crippen LogP contribution in [0.15, 0.2) is 18.6 Å². The van der Waals surface area contributed by atoms with Crippen molar-refractivity contribution in [3.05, 3.63) is 18.6 Å². The number of anilines is 1. The quantitative estimate of drug-likeness (QED) is 0.670. The van der Waals surface area contributed by atoms with Gasteiger partial charge in [-0.2, -0.15) is 0 Å². The second-order valence-electron chi connectivity index (χ2n) is 6.63. The van der Waals surface area contributed by atoms with E-state index < -0.39 is 18.1 Å². The van der Waals surface area contributed by atoms with Gasteiger partial charge in [0.05, 0.1) is 13.3 Å². The Labute approximate surface area is 143 Å². The smallest absolute Gasteiger partial charge is 0.328 e. The number of nitrogens with one attached hydrogen (secondary N) is 2. The Balaban J connectivity index is 2.83. The SMILES string of the molecule is COC(=O)[C@H](CC(C)C)NC(=O)[C@H](CC(C)C)Nc1cnccn1. The zero-order valence-electron chi connectivity index (χ0n) is 15.1. The fourth-order valence-electron chi connectivity index (χ4n) is 2.36. The van der Waals surface area contributed by atoms with Gasteiger partial charge in [0.2, 0.25) is 5.91 Å². The van der Waals surface area contributed by atoms with E-state index in [1.54, 1.807) is 18.6 Å². The monoisotopic (exact) mass is 336 g/mol. The average Bonchev–Trinajstić information content (AvgIpc) is 2.53. The molecule has 1 aromatic rings. The van der Waals surface area contributed by atoms with Gasteiger partial charge in [-0.05, 0) is 24.7 Å². The van der Waals surface area contributed by atoms with Crippen LogP contribution >= 0.6 is 0 Å². The van der Waals surface area contributed by atoms with Gasteiger partial charge in [0.1, 0.15) is 17.9 Å². The molecule has 0 aromatic carbocycles. The van der Waals surface area contributed by atoms with Gasteiger partial charge in [0.25, 0.3) is 0 Å². The largest absolute Gasteiger partial charge is 0.467 e. The van der Waals surface area contributed by atoms with E-state index in [-0.39, 0.29) is 11.8 Å².